The number of nitrogens with one attached hydrogen (secondary N) is 1. The number of piperidine rings is 1. The van der Waals surface area contributed by atoms with Gasteiger partial charge in [-0.15, -0.1) is 0 Å². The highest BCUT2D eigenvalue weighted by atomic mass is 16.2. The van der Waals surface area contributed by atoms with Crippen molar-refractivity contribution in [3.63, 3.8) is 0 Å². The molecule has 1 saturated heterocycles. The molecule has 3 rings (SSSR count). The third-order valence-electron chi connectivity index (χ3n) is 5.59. The number of benzene rings is 2. The summed E-state index contributed by atoms with van der Waals surface area (Å²) < 4.78 is 0. The maximum atomic E-state index is 13.1. The maximum Gasteiger partial charge on any atom is 0.317 e. The topological polar surface area (TPSA) is 52.7 Å². The predicted octanol–water partition coefficient (Wildman–Crippen LogP) is 4.14. The molecule has 1 N–H and O–H groups in total. The zero-order valence-corrected chi connectivity index (χ0v) is 17.6. The third kappa shape index (κ3) is 5.17. The first-order valence-corrected chi connectivity index (χ1v) is 10.4. The van der Waals surface area contributed by atoms with E-state index >= 15 is 0 Å². The minimum atomic E-state index is -0.174. The number of carbonyl (C=O) groups excluding carboxylic acids is 2. The molecule has 1 aliphatic rings. The molecule has 5 nitrogen and oxygen atoms in total. The van der Waals surface area contributed by atoms with Crippen molar-refractivity contribution < 1.29 is 9.59 Å². The Bertz CT molecular complexity index is 837. The average Bonchev–Trinajstić information content (AvgIpc) is 2.73. The van der Waals surface area contributed by atoms with Crippen LogP contribution in [0.4, 0.5) is 4.79 Å². The molecule has 0 aromatic heterocycles. The van der Waals surface area contributed by atoms with Gasteiger partial charge in [0.1, 0.15) is 0 Å². The molecule has 2 aromatic carbocycles. The average molecular weight is 394 g/mol. The SMILES string of the molecule is CCNC(=O)N1CC(C(=O)N(C)Cc2ccccc2)CCC1c1cccc(C)c1. The Morgan fingerprint density at radius 2 is 1.86 bits per heavy atom. The lowest BCUT2D eigenvalue weighted by Crippen LogP contribution is -2.50. The number of carbonyl (C=O) groups is 2. The van der Waals surface area contributed by atoms with Gasteiger partial charge in [0, 0.05) is 26.7 Å². The van der Waals surface area contributed by atoms with E-state index < -0.39 is 0 Å². The second-order valence-corrected chi connectivity index (χ2v) is 7.87. The van der Waals surface area contributed by atoms with Crippen LogP contribution in [0.1, 0.15) is 42.5 Å². The van der Waals surface area contributed by atoms with Gasteiger partial charge in [-0.25, -0.2) is 4.79 Å². The molecule has 0 radical (unpaired) electrons. The van der Waals surface area contributed by atoms with E-state index in [-0.39, 0.29) is 23.9 Å². The summed E-state index contributed by atoms with van der Waals surface area (Å²) in [7, 11) is 1.85. The van der Waals surface area contributed by atoms with Crippen LogP contribution in [0.2, 0.25) is 0 Å². The number of hydrogen-bond donors (Lipinski definition) is 1. The molecule has 1 fully saturated rings. The van der Waals surface area contributed by atoms with Crippen LogP contribution in [0.25, 0.3) is 0 Å². The summed E-state index contributed by atoms with van der Waals surface area (Å²) >= 11 is 0. The Balaban J connectivity index is 1.74. The number of urea groups is 1. The fourth-order valence-corrected chi connectivity index (χ4v) is 4.12. The normalized spacial score (nSPS) is 18.9. The van der Waals surface area contributed by atoms with Crippen molar-refractivity contribution in [1.82, 2.24) is 15.1 Å². The van der Waals surface area contributed by atoms with Crippen LogP contribution in [0, 0.1) is 12.8 Å². The van der Waals surface area contributed by atoms with E-state index in [9.17, 15) is 9.59 Å². The number of likely N-dealkylation sites (tertiary alicyclic amines) is 1. The number of aryl methyl sites for hydroxylation is 1. The van der Waals surface area contributed by atoms with Crippen molar-refractivity contribution in [2.75, 3.05) is 20.1 Å². The van der Waals surface area contributed by atoms with Crippen LogP contribution in [-0.4, -0.2) is 41.9 Å². The first kappa shape index (κ1) is 20.9. The molecule has 1 aliphatic heterocycles. The van der Waals surface area contributed by atoms with Gasteiger partial charge in [0.05, 0.1) is 12.0 Å². The van der Waals surface area contributed by atoms with Gasteiger partial charge in [0.2, 0.25) is 5.91 Å². The van der Waals surface area contributed by atoms with Crippen LogP contribution in [0.3, 0.4) is 0 Å². The van der Waals surface area contributed by atoms with E-state index in [4.69, 9.17) is 0 Å². The van der Waals surface area contributed by atoms with Crippen LogP contribution >= 0.6 is 0 Å². The van der Waals surface area contributed by atoms with Crippen molar-refractivity contribution >= 4 is 11.9 Å². The van der Waals surface area contributed by atoms with E-state index in [2.05, 4.69) is 30.4 Å². The van der Waals surface area contributed by atoms with Gasteiger partial charge in [-0.2, -0.15) is 0 Å². The highest BCUT2D eigenvalue weighted by molar-refractivity contribution is 5.81. The summed E-state index contributed by atoms with van der Waals surface area (Å²) in [5.74, 6) is -0.0711. The number of hydrogen-bond acceptors (Lipinski definition) is 2. The smallest absolute Gasteiger partial charge is 0.317 e. The molecule has 0 bridgehead atoms. The lowest BCUT2D eigenvalue weighted by Gasteiger charge is -2.40. The Labute approximate surface area is 173 Å². The number of nitrogens with zero attached hydrogens (tertiary/aromatic N) is 2. The maximum absolute atomic E-state index is 13.1. The van der Waals surface area contributed by atoms with Crippen molar-refractivity contribution in [3.05, 3.63) is 71.3 Å². The summed E-state index contributed by atoms with van der Waals surface area (Å²) in [6.45, 7) is 5.58. The van der Waals surface area contributed by atoms with Crippen molar-refractivity contribution in [1.29, 1.82) is 0 Å². The molecule has 5 heteroatoms. The second-order valence-electron chi connectivity index (χ2n) is 7.87. The van der Waals surface area contributed by atoms with E-state index in [0.29, 0.717) is 19.6 Å². The van der Waals surface area contributed by atoms with Crippen molar-refractivity contribution in [2.24, 2.45) is 5.92 Å². The van der Waals surface area contributed by atoms with Crippen molar-refractivity contribution in [3.8, 4) is 0 Å². The molecule has 0 spiro atoms. The summed E-state index contributed by atoms with van der Waals surface area (Å²) in [6, 6.07) is 18.2. The third-order valence-corrected chi connectivity index (χ3v) is 5.59. The van der Waals surface area contributed by atoms with Crippen LogP contribution < -0.4 is 5.32 Å². The Kier molecular flexibility index (Phi) is 6.91. The van der Waals surface area contributed by atoms with Gasteiger partial charge >= 0.3 is 6.03 Å². The zero-order valence-electron chi connectivity index (χ0n) is 17.6. The first-order chi connectivity index (χ1) is 14.0. The molecule has 29 heavy (non-hydrogen) atoms. The molecule has 2 atom stereocenters. The minimum Gasteiger partial charge on any atom is -0.341 e. The fraction of sp³-hybridized carbons (Fsp3) is 0.417. The molecular weight excluding hydrogens is 362 g/mol. The quantitative estimate of drug-likeness (QED) is 0.830. The van der Waals surface area contributed by atoms with Gasteiger partial charge in [-0.05, 0) is 37.8 Å². The highest BCUT2D eigenvalue weighted by Gasteiger charge is 2.36. The van der Waals surface area contributed by atoms with Gasteiger partial charge in [-0.3, -0.25) is 4.79 Å². The lowest BCUT2D eigenvalue weighted by molar-refractivity contribution is -0.136. The van der Waals surface area contributed by atoms with Crippen LogP contribution in [0.5, 0.6) is 0 Å². The molecule has 0 saturated carbocycles. The van der Waals surface area contributed by atoms with Gasteiger partial charge in [0.25, 0.3) is 0 Å². The van der Waals surface area contributed by atoms with E-state index in [1.165, 1.54) is 5.56 Å². The number of amides is 3. The molecule has 2 unspecified atom stereocenters. The molecule has 1 heterocycles. The molecule has 0 aliphatic carbocycles. The molecule has 2 aromatic rings. The summed E-state index contributed by atoms with van der Waals surface area (Å²) in [5, 5.41) is 2.92. The van der Waals surface area contributed by atoms with E-state index in [1.54, 1.807) is 4.90 Å². The number of rotatable bonds is 5. The van der Waals surface area contributed by atoms with E-state index in [1.807, 2.05) is 55.3 Å². The standard InChI is InChI=1S/C24H31N3O2/c1-4-25-24(29)27-17-21(13-14-22(27)20-12-8-9-18(2)15-20)23(28)26(3)16-19-10-6-5-7-11-19/h5-12,15,21-22H,4,13-14,16-17H2,1-3H3,(H,25,29). The van der Waals surface area contributed by atoms with Gasteiger partial charge < -0.3 is 15.1 Å². The second kappa shape index (κ2) is 9.59. The lowest BCUT2D eigenvalue weighted by atomic mass is 9.88. The summed E-state index contributed by atoms with van der Waals surface area (Å²) in [6.07, 6.45) is 1.57. The molecule has 3 amide bonds. The minimum absolute atomic E-state index is 0.00456. The highest BCUT2D eigenvalue weighted by Crippen LogP contribution is 2.34. The molecule has 154 valence electrons. The zero-order chi connectivity index (χ0) is 20.8. The van der Waals surface area contributed by atoms with Gasteiger partial charge in [0.15, 0.2) is 0 Å². The first-order valence-electron chi connectivity index (χ1n) is 10.4. The Hall–Kier alpha value is -2.82. The fourth-order valence-electron chi connectivity index (χ4n) is 4.12. The van der Waals surface area contributed by atoms with Crippen molar-refractivity contribution in [2.45, 2.75) is 39.3 Å². The van der Waals surface area contributed by atoms with Gasteiger partial charge in [-0.1, -0.05) is 60.2 Å². The van der Waals surface area contributed by atoms with E-state index in [0.717, 1.165) is 24.0 Å². The largest absolute Gasteiger partial charge is 0.341 e. The summed E-state index contributed by atoms with van der Waals surface area (Å²) in [5.41, 5.74) is 3.43. The molecular formula is C24H31N3O2. The summed E-state index contributed by atoms with van der Waals surface area (Å²) in [4.78, 5) is 29.5. The van der Waals surface area contributed by atoms with Crippen LogP contribution in [-0.2, 0) is 11.3 Å². The predicted molar refractivity (Wildman–Crippen MR) is 115 cm³/mol. The monoisotopic (exact) mass is 393 g/mol. The Morgan fingerprint density at radius 3 is 2.55 bits per heavy atom. The van der Waals surface area contributed by atoms with Crippen LogP contribution in [0.15, 0.2) is 54.6 Å². The Morgan fingerprint density at radius 1 is 1.10 bits per heavy atom.